The van der Waals surface area contributed by atoms with E-state index < -0.39 is 0 Å². The summed E-state index contributed by atoms with van der Waals surface area (Å²) in [6.07, 6.45) is 3.01. The third-order valence-corrected chi connectivity index (χ3v) is 3.48. The number of ether oxygens (including phenoxy) is 1. The largest absolute Gasteiger partial charge is 0.373 e. The van der Waals surface area contributed by atoms with E-state index in [9.17, 15) is 0 Å². The molecular weight excluding hydrogens is 198 g/mol. The second-order valence-corrected chi connectivity index (χ2v) is 4.57. The highest BCUT2D eigenvalue weighted by atomic mass is 16.5. The molecule has 1 fully saturated rings. The van der Waals surface area contributed by atoms with Crippen molar-refractivity contribution in [2.75, 3.05) is 0 Å². The van der Waals surface area contributed by atoms with Crippen LogP contribution in [0.25, 0.3) is 0 Å². The van der Waals surface area contributed by atoms with Gasteiger partial charge in [0.25, 0.3) is 0 Å². The zero-order valence-corrected chi connectivity index (χ0v) is 9.65. The number of nitriles is 1. The normalized spacial score (nSPS) is 28.1. The van der Waals surface area contributed by atoms with Crippen molar-refractivity contribution in [3.63, 3.8) is 0 Å². The molecule has 0 aromatic heterocycles. The van der Waals surface area contributed by atoms with Crippen LogP contribution in [0.2, 0.25) is 0 Å². The number of hydrogen-bond acceptors (Lipinski definition) is 2. The molecule has 16 heavy (non-hydrogen) atoms. The van der Waals surface area contributed by atoms with E-state index in [0.29, 0.717) is 6.61 Å². The van der Waals surface area contributed by atoms with Gasteiger partial charge in [0, 0.05) is 0 Å². The molecule has 84 valence electrons. The number of rotatable bonds is 4. The van der Waals surface area contributed by atoms with Crippen LogP contribution < -0.4 is 0 Å². The van der Waals surface area contributed by atoms with Gasteiger partial charge in [0.2, 0.25) is 0 Å². The van der Waals surface area contributed by atoms with Crippen LogP contribution in [0.1, 0.15) is 31.7 Å². The molecule has 0 unspecified atom stereocenters. The second-order valence-electron chi connectivity index (χ2n) is 4.57. The highest BCUT2D eigenvalue weighted by molar-refractivity contribution is 5.14. The first-order valence-electron chi connectivity index (χ1n) is 5.85. The van der Waals surface area contributed by atoms with Gasteiger partial charge in [0.15, 0.2) is 0 Å². The van der Waals surface area contributed by atoms with Gasteiger partial charge in [-0.2, -0.15) is 5.26 Å². The molecule has 1 aliphatic carbocycles. The Morgan fingerprint density at radius 2 is 2.06 bits per heavy atom. The fraction of sp³-hybridized carbons (Fsp3) is 0.500. The molecule has 1 aromatic carbocycles. The van der Waals surface area contributed by atoms with Gasteiger partial charge in [-0.1, -0.05) is 37.3 Å². The molecule has 0 spiro atoms. The van der Waals surface area contributed by atoms with Gasteiger partial charge >= 0.3 is 0 Å². The molecule has 1 saturated carbocycles. The van der Waals surface area contributed by atoms with Crippen LogP contribution in [-0.2, 0) is 11.3 Å². The summed E-state index contributed by atoms with van der Waals surface area (Å²) in [5.74, 6) is 0. The summed E-state index contributed by atoms with van der Waals surface area (Å²) in [5, 5.41) is 9.03. The van der Waals surface area contributed by atoms with E-state index in [2.05, 4.69) is 25.1 Å². The van der Waals surface area contributed by atoms with Gasteiger partial charge in [-0.05, 0) is 24.8 Å². The van der Waals surface area contributed by atoms with Crippen LogP contribution in [0.3, 0.4) is 0 Å². The molecule has 0 bridgehead atoms. The second kappa shape index (κ2) is 4.67. The highest BCUT2D eigenvalue weighted by Crippen LogP contribution is 2.45. The molecule has 2 rings (SSSR count). The van der Waals surface area contributed by atoms with Crippen molar-refractivity contribution >= 4 is 0 Å². The maximum absolute atomic E-state index is 9.03. The Balaban J connectivity index is 1.77. The Bertz CT molecular complexity index is 373. The lowest BCUT2D eigenvalue weighted by Gasteiger charge is -2.41. The van der Waals surface area contributed by atoms with Gasteiger partial charge in [-0.25, -0.2) is 0 Å². The summed E-state index contributed by atoms with van der Waals surface area (Å²) in [7, 11) is 0. The predicted molar refractivity (Wildman–Crippen MR) is 62.6 cm³/mol. The van der Waals surface area contributed by atoms with Gasteiger partial charge in [-0.15, -0.1) is 0 Å². The maximum atomic E-state index is 9.03. The van der Waals surface area contributed by atoms with Crippen molar-refractivity contribution in [3.05, 3.63) is 35.9 Å². The standard InChI is InChI=1S/C14H17NO/c1-2-14(11-15)8-13(9-14)16-10-12-6-4-3-5-7-12/h3-7,13H,2,8-10H2,1H3. The predicted octanol–water partition coefficient (Wildman–Crippen LogP) is 3.29. The fourth-order valence-electron chi connectivity index (χ4n) is 2.18. The van der Waals surface area contributed by atoms with Crippen molar-refractivity contribution in [2.45, 2.75) is 38.9 Å². The summed E-state index contributed by atoms with van der Waals surface area (Å²) in [4.78, 5) is 0. The molecule has 1 aromatic rings. The lowest BCUT2D eigenvalue weighted by molar-refractivity contribution is -0.0667. The topological polar surface area (TPSA) is 33.0 Å². The van der Waals surface area contributed by atoms with E-state index in [1.807, 2.05) is 18.2 Å². The lowest BCUT2D eigenvalue weighted by Crippen LogP contribution is -2.40. The van der Waals surface area contributed by atoms with Crippen molar-refractivity contribution in [1.82, 2.24) is 0 Å². The quantitative estimate of drug-likeness (QED) is 0.772. The molecule has 0 N–H and O–H groups in total. The molecule has 0 aliphatic heterocycles. The van der Waals surface area contributed by atoms with Crippen LogP contribution >= 0.6 is 0 Å². The molecular formula is C14H17NO. The Hall–Kier alpha value is -1.33. The molecule has 0 amide bonds. The fourth-order valence-corrected chi connectivity index (χ4v) is 2.18. The first-order chi connectivity index (χ1) is 7.78. The molecule has 2 heteroatoms. The van der Waals surface area contributed by atoms with Crippen LogP contribution in [0, 0.1) is 16.7 Å². The molecule has 2 nitrogen and oxygen atoms in total. The number of benzene rings is 1. The summed E-state index contributed by atoms with van der Waals surface area (Å²) >= 11 is 0. The van der Waals surface area contributed by atoms with E-state index in [-0.39, 0.29) is 11.5 Å². The Morgan fingerprint density at radius 3 is 2.62 bits per heavy atom. The van der Waals surface area contributed by atoms with E-state index >= 15 is 0 Å². The van der Waals surface area contributed by atoms with Gasteiger partial charge in [0.1, 0.15) is 0 Å². The van der Waals surface area contributed by atoms with Crippen LogP contribution in [0.4, 0.5) is 0 Å². The molecule has 0 radical (unpaired) electrons. The summed E-state index contributed by atoms with van der Waals surface area (Å²) < 4.78 is 5.77. The van der Waals surface area contributed by atoms with E-state index in [0.717, 1.165) is 19.3 Å². The first kappa shape index (κ1) is 11.2. The summed E-state index contributed by atoms with van der Waals surface area (Å²) in [6.45, 7) is 2.74. The van der Waals surface area contributed by atoms with Crippen LogP contribution in [-0.4, -0.2) is 6.10 Å². The smallest absolute Gasteiger partial charge is 0.0720 e. The number of nitrogens with zero attached hydrogens (tertiary/aromatic N) is 1. The van der Waals surface area contributed by atoms with Crippen molar-refractivity contribution in [2.24, 2.45) is 5.41 Å². The minimum atomic E-state index is -0.0959. The third-order valence-electron chi connectivity index (χ3n) is 3.48. The Kier molecular flexibility index (Phi) is 3.26. The summed E-state index contributed by atoms with van der Waals surface area (Å²) in [5.41, 5.74) is 1.11. The van der Waals surface area contributed by atoms with E-state index in [1.54, 1.807) is 0 Å². The lowest BCUT2D eigenvalue weighted by atomic mass is 9.66. The van der Waals surface area contributed by atoms with Gasteiger partial charge in [-0.3, -0.25) is 0 Å². The maximum Gasteiger partial charge on any atom is 0.0720 e. The monoisotopic (exact) mass is 215 g/mol. The number of hydrogen-bond donors (Lipinski definition) is 0. The molecule has 1 aliphatic rings. The first-order valence-corrected chi connectivity index (χ1v) is 5.85. The van der Waals surface area contributed by atoms with E-state index in [4.69, 9.17) is 10.00 Å². The molecule has 0 atom stereocenters. The van der Waals surface area contributed by atoms with Crippen molar-refractivity contribution < 1.29 is 4.74 Å². The zero-order valence-electron chi connectivity index (χ0n) is 9.65. The SMILES string of the molecule is CCC1(C#N)CC(OCc2ccccc2)C1. The van der Waals surface area contributed by atoms with Crippen LogP contribution in [0.15, 0.2) is 30.3 Å². The Labute approximate surface area is 96.9 Å². The minimum absolute atomic E-state index is 0.0959. The van der Waals surface area contributed by atoms with Gasteiger partial charge < -0.3 is 4.74 Å². The highest BCUT2D eigenvalue weighted by Gasteiger charge is 2.43. The average molecular weight is 215 g/mol. The van der Waals surface area contributed by atoms with Gasteiger partial charge in [0.05, 0.1) is 24.2 Å². The summed E-state index contributed by atoms with van der Waals surface area (Å²) in [6, 6.07) is 12.6. The van der Waals surface area contributed by atoms with E-state index in [1.165, 1.54) is 5.56 Å². The van der Waals surface area contributed by atoms with Crippen molar-refractivity contribution in [1.29, 1.82) is 5.26 Å². The zero-order chi connectivity index (χ0) is 11.4. The van der Waals surface area contributed by atoms with Crippen LogP contribution in [0.5, 0.6) is 0 Å². The molecule has 0 heterocycles. The Morgan fingerprint density at radius 1 is 1.38 bits per heavy atom. The molecule has 0 saturated heterocycles. The van der Waals surface area contributed by atoms with Crippen molar-refractivity contribution in [3.8, 4) is 6.07 Å². The minimum Gasteiger partial charge on any atom is -0.373 e. The third kappa shape index (κ3) is 2.25. The average Bonchev–Trinajstić information content (AvgIpc) is 2.30.